The molecule has 0 unspecified atom stereocenters. The van der Waals surface area contributed by atoms with Crippen molar-refractivity contribution in [2.24, 2.45) is 0 Å². The van der Waals surface area contributed by atoms with Gasteiger partial charge < -0.3 is 4.90 Å². The van der Waals surface area contributed by atoms with Crippen LogP contribution < -0.4 is 10.5 Å². The van der Waals surface area contributed by atoms with Crippen LogP contribution in [0.4, 0.5) is 5.95 Å². The summed E-state index contributed by atoms with van der Waals surface area (Å²) < 4.78 is 3.65. The zero-order valence-corrected chi connectivity index (χ0v) is 18.7. The zero-order chi connectivity index (χ0) is 20.7. The van der Waals surface area contributed by atoms with Crippen LogP contribution in [0.2, 0.25) is 5.02 Å². The van der Waals surface area contributed by atoms with E-state index in [-0.39, 0.29) is 5.56 Å². The highest BCUT2D eigenvalue weighted by Gasteiger charge is 2.23. The smallest absolute Gasteiger partial charge is 0.258 e. The standard InChI is InChI=1S/C20H19ClN6OS2/c1-13-11-29-19-22-14(10-17(28)26(13)19)12-30-20-24-23-18(25-8-4-5-9-25)27(20)16-7-3-2-6-15(16)21/h2-3,6-7,10-11H,4-5,8-9,12H2,1H3. The van der Waals surface area contributed by atoms with Crippen LogP contribution >= 0.6 is 34.7 Å². The fourth-order valence-electron chi connectivity index (χ4n) is 3.63. The third-order valence-corrected chi connectivity index (χ3v) is 7.30. The maximum absolute atomic E-state index is 12.5. The Hall–Kier alpha value is -2.36. The van der Waals surface area contributed by atoms with Gasteiger partial charge in [-0.05, 0) is 31.9 Å². The zero-order valence-electron chi connectivity index (χ0n) is 16.3. The summed E-state index contributed by atoms with van der Waals surface area (Å²) in [7, 11) is 0. The summed E-state index contributed by atoms with van der Waals surface area (Å²) in [4.78, 5) is 20.1. The molecule has 0 saturated carbocycles. The second-order valence-corrected chi connectivity index (χ2v) is 9.32. The molecule has 0 amide bonds. The highest BCUT2D eigenvalue weighted by molar-refractivity contribution is 7.98. The summed E-state index contributed by atoms with van der Waals surface area (Å²) in [5.41, 5.74) is 2.43. The molecule has 1 saturated heterocycles. The quantitative estimate of drug-likeness (QED) is 0.418. The van der Waals surface area contributed by atoms with Gasteiger partial charge in [0.2, 0.25) is 5.95 Å². The maximum Gasteiger partial charge on any atom is 0.258 e. The normalized spacial score (nSPS) is 14.1. The first kappa shape index (κ1) is 19.6. The number of hydrogen-bond donors (Lipinski definition) is 0. The van der Waals surface area contributed by atoms with Crippen LogP contribution in [0.1, 0.15) is 24.2 Å². The Morgan fingerprint density at radius 3 is 2.80 bits per heavy atom. The van der Waals surface area contributed by atoms with Crippen LogP contribution in [0.15, 0.2) is 45.7 Å². The van der Waals surface area contributed by atoms with Gasteiger partial charge in [0.1, 0.15) is 0 Å². The molecule has 1 aliphatic heterocycles. The Labute approximate surface area is 186 Å². The average molecular weight is 459 g/mol. The SMILES string of the molecule is Cc1csc2nc(CSc3nnc(N4CCCC4)n3-c3ccccc3Cl)cc(=O)n12. The molecule has 1 aromatic carbocycles. The Balaban J connectivity index is 1.50. The molecule has 0 N–H and O–H groups in total. The van der Waals surface area contributed by atoms with Crippen molar-refractivity contribution in [3.8, 4) is 5.69 Å². The molecule has 0 spiro atoms. The maximum atomic E-state index is 12.5. The molecule has 0 radical (unpaired) electrons. The molecular weight excluding hydrogens is 440 g/mol. The number of halogens is 1. The molecule has 1 fully saturated rings. The van der Waals surface area contributed by atoms with Crippen LogP contribution in [0.5, 0.6) is 0 Å². The van der Waals surface area contributed by atoms with Crippen molar-refractivity contribution in [3.63, 3.8) is 0 Å². The second-order valence-electron chi connectivity index (χ2n) is 7.13. The monoisotopic (exact) mass is 458 g/mol. The van der Waals surface area contributed by atoms with E-state index in [1.165, 1.54) is 23.1 Å². The van der Waals surface area contributed by atoms with E-state index in [9.17, 15) is 4.79 Å². The van der Waals surface area contributed by atoms with E-state index in [0.717, 1.165) is 54.1 Å². The van der Waals surface area contributed by atoms with Gasteiger partial charge in [-0.3, -0.25) is 13.8 Å². The summed E-state index contributed by atoms with van der Waals surface area (Å²) >= 11 is 9.49. The highest BCUT2D eigenvalue weighted by Crippen LogP contribution is 2.32. The van der Waals surface area contributed by atoms with Crippen LogP contribution in [0, 0.1) is 6.92 Å². The minimum Gasteiger partial charge on any atom is -0.341 e. The summed E-state index contributed by atoms with van der Waals surface area (Å²) in [6, 6.07) is 9.31. The number of thiazole rings is 1. The number of aryl methyl sites for hydroxylation is 1. The van der Waals surface area contributed by atoms with Crippen molar-refractivity contribution < 1.29 is 0 Å². The van der Waals surface area contributed by atoms with Crippen molar-refractivity contribution in [3.05, 3.63) is 62.5 Å². The third-order valence-electron chi connectivity index (χ3n) is 5.08. The number of nitrogens with zero attached hydrogens (tertiary/aromatic N) is 6. The Kier molecular flexibility index (Phi) is 5.26. The van der Waals surface area contributed by atoms with Crippen molar-refractivity contribution in [1.82, 2.24) is 24.1 Å². The molecule has 7 nitrogen and oxygen atoms in total. The van der Waals surface area contributed by atoms with Gasteiger partial charge >= 0.3 is 0 Å². The molecule has 4 heterocycles. The van der Waals surface area contributed by atoms with Gasteiger partial charge in [0.15, 0.2) is 10.1 Å². The minimum absolute atomic E-state index is 0.0559. The molecule has 30 heavy (non-hydrogen) atoms. The van der Waals surface area contributed by atoms with Crippen molar-refractivity contribution in [2.45, 2.75) is 30.7 Å². The first-order valence-electron chi connectivity index (χ1n) is 9.66. The number of anilines is 1. The van der Waals surface area contributed by atoms with Gasteiger partial charge in [0, 0.05) is 36.0 Å². The van der Waals surface area contributed by atoms with E-state index in [2.05, 4.69) is 20.1 Å². The number of thioether (sulfide) groups is 1. The lowest BCUT2D eigenvalue weighted by atomic mass is 10.3. The van der Waals surface area contributed by atoms with Crippen LogP contribution in [0.3, 0.4) is 0 Å². The molecule has 0 atom stereocenters. The van der Waals surface area contributed by atoms with E-state index in [0.29, 0.717) is 15.7 Å². The van der Waals surface area contributed by atoms with Crippen molar-refractivity contribution in [1.29, 1.82) is 0 Å². The Morgan fingerprint density at radius 2 is 2.00 bits per heavy atom. The fourth-order valence-corrected chi connectivity index (χ4v) is 5.58. The number of aromatic nitrogens is 5. The molecule has 4 aromatic rings. The van der Waals surface area contributed by atoms with Gasteiger partial charge in [0.05, 0.1) is 16.4 Å². The van der Waals surface area contributed by atoms with E-state index in [4.69, 9.17) is 11.6 Å². The summed E-state index contributed by atoms with van der Waals surface area (Å²) in [5.74, 6) is 1.33. The van der Waals surface area contributed by atoms with Gasteiger partial charge in [0.25, 0.3) is 5.56 Å². The van der Waals surface area contributed by atoms with E-state index in [1.54, 1.807) is 10.5 Å². The lowest BCUT2D eigenvalue weighted by Crippen LogP contribution is -2.22. The molecule has 10 heteroatoms. The first-order valence-corrected chi connectivity index (χ1v) is 11.9. The summed E-state index contributed by atoms with van der Waals surface area (Å²) in [5, 5.41) is 12.2. The summed E-state index contributed by atoms with van der Waals surface area (Å²) in [6.07, 6.45) is 2.29. The third kappa shape index (κ3) is 3.51. The minimum atomic E-state index is -0.0559. The summed E-state index contributed by atoms with van der Waals surface area (Å²) in [6.45, 7) is 3.83. The number of benzene rings is 1. The number of hydrogen-bond acceptors (Lipinski definition) is 7. The Morgan fingerprint density at radius 1 is 1.20 bits per heavy atom. The number of para-hydroxylation sites is 1. The van der Waals surface area contributed by atoms with Crippen LogP contribution in [0.25, 0.3) is 10.6 Å². The largest absolute Gasteiger partial charge is 0.341 e. The van der Waals surface area contributed by atoms with E-state index in [1.807, 2.05) is 41.1 Å². The fraction of sp³-hybridized carbons (Fsp3) is 0.300. The predicted molar refractivity (Wildman–Crippen MR) is 121 cm³/mol. The number of fused-ring (bicyclic) bond motifs is 1. The molecule has 5 rings (SSSR count). The van der Waals surface area contributed by atoms with Crippen molar-refractivity contribution in [2.75, 3.05) is 18.0 Å². The molecule has 0 aliphatic carbocycles. The lowest BCUT2D eigenvalue weighted by Gasteiger charge is -2.19. The predicted octanol–water partition coefficient (Wildman–Crippen LogP) is 4.19. The highest BCUT2D eigenvalue weighted by atomic mass is 35.5. The first-order chi connectivity index (χ1) is 14.6. The molecular formula is C20H19ClN6OS2. The van der Waals surface area contributed by atoms with Gasteiger partial charge in [-0.15, -0.1) is 21.5 Å². The average Bonchev–Trinajstić information content (AvgIpc) is 3.47. The number of rotatable bonds is 5. The van der Waals surface area contributed by atoms with Gasteiger partial charge in [-0.25, -0.2) is 4.98 Å². The lowest BCUT2D eigenvalue weighted by molar-refractivity contribution is 0.841. The van der Waals surface area contributed by atoms with E-state index < -0.39 is 0 Å². The molecule has 0 bridgehead atoms. The van der Waals surface area contributed by atoms with Crippen LogP contribution in [-0.4, -0.2) is 37.2 Å². The molecule has 154 valence electrons. The van der Waals surface area contributed by atoms with Gasteiger partial charge in [-0.1, -0.05) is 35.5 Å². The molecule has 1 aliphatic rings. The topological polar surface area (TPSA) is 68.3 Å². The molecule has 3 aromatic heterocycles. The Bertz CT molecular complexity index is 1270. The van der Waals surface area contributed by atoms with Crippen LogP contribution in [-0.2, 0) is 5.75 Å². The van der Waals surface area contributed by atoms with Gasteiger partial charge in [-0.2, -0.15) is 0 Å². The second kappa shape index (κ2) is 8.05. The van der Waals surface area contributed by atoms with Crippen molar-refractivity contribution >= 4 is 45.6 Å². The van der Waals surface area contributed by atoms with E-state index >= 15 is 0 Å².